The van der Waals surface area contributed by atoms with Gasteiger partial charge in [-0.25, -0.2) is 8.42 Å². The van der Waals surface area contributed by atoms with E-state index >= 15 is 0 Å². The number of anilines is 1. The molecule has 1 aromatic rings. The average Bonchev–Trinajstić information content (AvgIpc) is 3.21. The van der Waals surface area contributed by atoms with Crippen LogP contribution in [0, 0.1) is 0 Å². The molecule has 24 heavy (non-hydrogen) atoms. The van der Waals surface area contributed by atoms with Crippen LogP contribution in [0.1, 0.15) is 31.7 Å². The third-order valence-corrected chi connectivity index (χ3v) is 6.44. The summed E-state index contributed by atoms with van der Waals surface area (Å²) in [5.74, 6) is -0.294. The summed E-state index contributed by atoms with van der Waals surface area (Å²) in [4.78, 5) is 27.2. The molecule has 0 radical (unpaired) electrons. The van der Waals surface area contributed by atoms with Crippen molar-refractivity contribution in [1.82, 2.24) is 4.90 Å². The van der Waals surface area contributed by atoms with Crippen molar-refractivity contribution in [2.45, 2.75) is 37.5 Å². The lowest BCUT2D eigenvalue weighted by Crippen LogP contribution is -2.29. The van der Waals surface area contributed by atoms with Crippen LogP contribution in [-0.4, -0.2) is 50.5 Å². The zero-order valence-electron chi connectivity index (χ0n) is 13.8. The van der Waals surface area contributed by atoms with Gasteiger partial charge in [-0.1, -0.05) is 0 Å². The van der Waals surface area contributed by atoms with Gasteiger partial charge in [0.05, 0.1) is 10.6 Å². The molecule has 3 rings (SSSR count). The topological polar surface area (TPSA) is 74.8 Å². The van der Waals surface area contributed by atoms with E-state index in [2.05, 4.69) is 0 Å². The molecule has 2 heterocycles. The SMILES string of the molecule is CC(=O)N1CCc2cc(S(=O)(=O)CCC(=O)N3CCCC3)ccc21. The summed E-state index contributed by atoms with van der Waals surface area (Å²) in [5.41, 5.74) is 1.66. The van der Waals surface area contributed by atoms with Crippen molar-refractivity contribution < 1.29 is 18.0 Å². The molecule has 0 bridgehead atoms. The number of hydrogen-bond donors (Lipinski definition) is 0. The number of carbonyl (C=O) groups is 2. The maximum absolute atomic E-state index is 12.5. The van der Waals surface area contributed by atoms with E-state index in [0.29, 0.717) is 13.0 Å². The van der Waals surface area contributed by atoms with Crippen LogP contribution in [0.25, 0.3) is 0 Å². The fourth-order valence-electron chi connectivity index (χ4n) is 3.36. The van der Waals surface area contributed by atoms with Crippen molar-refractivity contribution in [3.63, 3.8) is 0 Å². The fraction of sp³-hybridized carbons (Fsp3) is 0.529. The average molecular weight is 350 g/mol. The Labute approximate surface area is 142 Å². The minimum absolute atomic E-state index is 0.0268. The molecule has 0 N–H and O–H groups in total. The van der Waals surface area contributed by atoms with Crippen molar-refractivity contribution in [2.24, 2.45) is 0 Å². The summed E-state index contributed by atoms with van der Waals surface area (Å²) in [5, 5.41) is 0. The normalized spacial score (nSPS) is 17.2. The number of rotatable bonds is 4. The number of likely N-dealkylation sites (tertiary alicyclic amines) is 1. The highest BCUT2D eigenvalue weighted by Crippen LogP contribution is 2.30. The van der Waals surface area contributed by atoms with Gasteiger partial charge in [0, 0.05) is 38.7 Å². The highest BCUT2D eigenvalue weighted by atomic mass is 32.2. The number of hydrogen-bond acceptors (Lipinski definition) is 4. The van der Waals surface area contributed by atoms with Gasteiger partial charge in [-0.2, -0.15) is 0 Å². The van der Waals surface area contributed by atoms with E-state index in [4.69, 9.17) is 0 Å². The maximum Gasteiger partial charge on any atom is 0.223 e. The van der Waals surface area contributed by atoms with Gasteiger partial charge in [-0.15, -0.1) is 0 Å². The minimum Gasteiger partial charge on any atom is -0.343 e. The van der Waals surface area contributed by atoms with Gasteiger partial charge in [0.1, 0.15) is 0 Å². The van der Waals surface area contributed by atoms with Crippen LogP contribution in [0.4, 0.5) is 5.69 Å². The molecule has 130 valence electrons. The number of benzene rings is 1. The van der Waals surface area contributed by atoms with E-state index in [1.165, 1.54) is 13.0 Å². The molecular weight excluding hydrogens is 328 g/mol. The molecule has 0 saturated carbocycles. The second-order valence-electron chi connectivity index (χ2n) is 6.37. The quantitative estimate of drug-likeness (QED) is 0.822. The lowest BCUT2D eigenvalue weighted by atomic mass is 10.2. The molecule has 1 fully saturated rings. The van der Waals surface area contributed by atoms with E-state index in [1.807, 2.05) is 0 Å². The van der Waals surface area contributed by atoms with Crippen LogP contribution < -0.4 is 4.90 Å². The van der Waals surface area contributed by atoms with Gasteiger partial charge >= 0.3 is 0 Å². The number of nitrogens with zero attached hydrogens (tertiary/aromatic N) is 2. The molecule has 0 unspecified atom stereocenters. The zero-order valence-corrected chi connectivity index (χ0v) is 14.6. The molecule has 2 aliphatic heterocycles. The summed E-state index contributed by atoms with van der Waals surface area (Å²) in [6.07, 6.45) is 2.68. The van der Waals surface area contributed by atoms with Crippen molar-refractivity contribution in [2.75, 3.05) is 30.3 Å². The highest BCUT2D eigenvalue weighted by molar-refractivity contribution is 7.91. The second kappa shape index (κ2) is 6.55. The lowest BCUT2D eigenvalue weighted by Gasteiger charge is -2.16. The molecule has 7 heteroatoms. The van der Waals surface area contributed by atoms with E-state index in [9.17, 15) is 18.0 Å². The van der Waals surface area contributed by atoms with Crippen LogP contribution in [-0.2, 0) is 25.8 Å². The molecular formula is C17H22N2O4S. The van der Waals surface area contributed by atoms with Crippen molar-refractivity contribution in [3.8, 4) is 0 Å². The molecule has 2 aliphatic rings. The third-order valence-electron chi connectivity index (χ3n) is 4.73. The first-order chi connectivity index (χ1) is 11.4. The van der Waals surface area contributed by atoms with Gasteiger partial charge in [-0.05, 0) is 43.0 Å². The Morgan fingerprint density at radius 3 is 2.50 bits per heavy atom. The highest BCUT2D eigenvalue weighted by Gasteiger charge is 2.26. The smallest absolute Gasteiger partial charge is 0.223 e. The molecule has 6 nitrogen and oxygen atoms in total. The Morgan fingerprint density at radius 2 is 1.83 bits per heavy atom. The van der Waals surface area contributed by atoms with Crippen molar-refractivity contribution >= 4 is 27.3 Å². The Morgan fingerprint density at radius 1 is 1.12 bits per heavy atom. The predicted molar refractivity (Wildman–Crippen MR) is 90.7 cm³/mol. The van der Waals surface area contributed by atoms with E-state index < -0.39 is 9.84 Å². The summed E-state index contributed by atoms with van der Waals surface area (Å²) in [7, 11) is -3.50. The maximum atomic E-state index is 12.5. The summed E-state index contributed by atoms with van der Waals surface area (Å²) in [6.45, 7) is 3.56. The first-order valence-corrected chi connectivity index (χ1v) is 9.95. The molecule has 0 aliphatic carbocycles. The van der Waals surface area contributed by atoms with Crippen LogP contribution in [0.3, 0.4) is 0 Å². The van der Waals surface area contributed by atoms with Crippen LogP contribution in [0.5, 0.6) is 0 Å². The van der Waals surface area contributed by atoms with Crippen LogP contribution >= 0.6 is 0 Å². The molecule has 1 saturated heterocycles. The van der Waals surface area contributed by atoms with Gasteiger partial charge in [0.25, 0.3) is 0 Å². The summed E-state index contributed by atoms with van der Waals surface area (Å²) < 4.78 is 25.0. The van der Waals surface area contributed by atoms with Gasteiger partial charge in [-0.3, -0.25) is 9.59 Å². The Kier molecular flexibility index (Phi) is 4.62. The van der Waals surface area contributed by atoms with Gasteiger partial charge in [0.15, 0.2) is 9.84 Å². The molecule has 0 aromatic heterocycles. The largest absolute Gasteiger partial charge is 0.343 e. The second-order valence-corrected chi connectivity index (χ2v) is 8.48. The third kappa shape index (κ3) is 3.31. The van der Waals surface area contributed by atoms with Gasteiger partial charge in [0.2, 0.25) is 11.8 Å². The summed E-state index contributed by atoms with van der Waals surface area (Å²) in [6, 6.07) is 4.88. The Bertz CT molecular complexity index is 767. The van der Waals surface area contributed by atoms with E-state index in [1.54, 1.807) is 21.9 Å². The van der Waals surface area contributed by atoms with E-state index in [-0.39, 0.29) is 28.9 Å². The molecule has 0 spiro atoms. The van der Waals surface area contributed by atoms with Crippen LogP contribution in [0.2, 0.25) is 0 Å². The van der Waals surface area contributed by atoms with Crippen molar-refractivity contribution in [1.29, 1.82) is 0 Å². The van der Waals surface area contributed by atoms with Gasteiger partial charge < -0.3 is 9.80 Å². The molecule has 0 atom stereocenters. The number of carbonyl (C=O) groups excluding carboxylic acids is 2. The lowest BCUT2D eigenvalue weighted by molar-refractivity contribution is -0.129. The first kappa shape index (κ1) is 17.0. The van der Waals surface area contributed by atoms with Crippen molar-refractivity contribution in [3.05, 3.63) is 23.8 Å². The number of amides is 2. The fourth-order valence-corrected chi connectivity index (χ4v) is 4.64. The van der Waals surface area contributed by atoms with Crippen LogP contribution in [0.15, 0.2) is 23.1 Å². The minimum atomic E-state index is -3.50. The zero-order chi connectivity index (χ0) is 17.3. The number of fused-ring (bicyclic) bond motifs is 1. The molecule has 2 amide bonds. The molecule has 1 aromatic carbocycles. The van der Waals surface area contributed by atoms with E-state index in [0.717, 1.165) is 37.2 Å². The Balaban J connectivity index is 1.71. The first-order valence-electron chi connectivity index (χ1n) is 8.30. The monoisotopic (exact) mass is 350 g/mol. The number of sulfone groups is 1. The Hall–Kier alpha value is -1.89. The standard InChI is InChI=1S/C17H22N2O4S/c1-13(20)19-10-6-14-12-15(4-5-16(14)19)24(22,23)11-7-17(21)18-8-2-3-9-18/h4-5,12H,2-3,6-11H2,1H3. The predicted octanol–water partition coefficient (Wildman–Crippen LogP) is 1.38. The summed E-state index contributed by atoms with van der Waals surface area (Å²) >= 11 is 0.